The second-order valence-electron chi connectivity index (χ2n) is 6.47. The van der Waals surface area contributed by atoms with Crippen LogP contribution in [0.15, 0.2) is 18.5 Å². The molecule has 24 heavy (non-hydrogen) atoms. The standard InChI is InChI=1S/C16H20F3N5/c1-11-9-12(16(17,18)19)22-14(21-11)15(2)5-4-7-24(15)10-13-20-6-8-23(13)3/h6,8-9H,4-5,7,10H2,1-3H3. The molecule has 3 heterocycles. The van der Waals surface area contributed by atoms with Crippen molar-refractivity contribution < 1.29 is 13.2 Å². The third-order valence-corrected chi connectivity index (χ3v) is 4.67. The molecule has 3 rings (SSSR count). The minimum absolute atomic E-state index is 0.238. The van der Waals surface area contributed by atoms with E-state index >= 15 is 0 Å². The monoisotopic (exact) mass is 339 g/mol. The molecular formula is C16H20F3N5. The van der Waals surface area contributed by atoms with Gasteiger partial charge in [-0.2, -0.15) is 13.2 Å². The van der Waals surface area contributed by atoms with Crippen LogP contribution in [-0.2, 0) is 25.3 Å². The van der Waals surface area contributed by atoms with Gasteiger partial charge in [0.25, 0.3) is 0 Å². The molecule has 0 aliphatic carbocycles. The number of hydrogen-bond donors (Lipinski definition) is 0. The number of aryl methyl sites for hydroxylation is 2. The Morgan fingerprint density at radius 1 is 1.29 bits per heavy atom. The number of alkyl halides is 3. The van der Waals surface area contributed by atoms with Crippen molar-refractivity contribution in [2.45, 2.75) is 44.9 Å². The largest absolute Gasteiger partial charge is 0.433 e. The van der Waals surface area contributed by atoms with Gasteiger partial charge >= 0.3 is 6.18 Å². The van der Waals surface area contributed by atoms with Gasteiger partial charge in [0.15, 0.2) is 0 Å². The Morgan fingerprint density at radius 3 is 2.67 bits per heavy atom. The van der Waals surface area contributed by atoms with Crippen molar-refractivity contribution in [2.24, 2.45) is 7.05 Å². The van der Waals surface area contributed by atoms with E-state index < -0.39 is 17.4 Å². The highest BCUT2D eigenvalue weighted by Gasteiger charge is 2.43. The average Bonchev–Trinajstić information content (AvgIpc) is 3.06. The predicted octanol–water partition coefficient (Wildman–Crippen LogP) is 3.05. The maximum Gasteiger partial charge on any atom is 0.433 e. The Bertz CT molecular complexity index is 740. The summed E-state index contributed by atoms with van der Waals surface area (Å²) in [6.45, 7) is 4.82. The van der Waals surface area contributed by atoms with Gasteiger partial charge in [-0.1, -0.05) is 0 Å². The first-order valence-electron chi connectivity index (χ1n) is 7.85. The predicted molar refractivity (Wildman–Crippen MR) is 82.0 cm³/mol. The molecule has 0 N–H and O–H groups in total. The quantitative estimate of drug-likeness (QED) is 0.862. The normalized spacial score (nSPS) is 22.2. The molecule has 1 saturated heterocycles. The summed E-state index contributed by atoms with van der Waals surface area (Å²) in [6, 6.07) is 0.991. The van der Waals surface area contributed by atoms with Crippen molar-refractivity contribution in [3.8, 4) is 0 Å². The molecule has 0 saturated carbocycles. The van der Waals surface area contributed by atoms with Crippen LogP contribution in [0.2, 0.25) is 0 Å². The van der Waals surface area contributed by atoms with Crippen LogP contribution < -0.4 is 0 Å². The number of aromatic nitrogens is 4. The molecule has 1 aliphatic rings. The zero-order valence-corrected chi connectivity index (χ0v) is 13.9. The van der Waals surface area contributed by atoms with E-state index in [4.69, 9.17) is 0 Å². The van der Waals surface area contributed by atoms with Crippen molar-refractivity contribution in [3.63, 3.8) is 0 Å². The van der Waals surface area contributed by atoms with Crippen LogP contribution in [0.4, 0.5) is 13.2 Å². The first kappa shape index (κ1) is 16.9. The maximum atomic E-state index is 13.1. The number of rotatable bonds is 3. The van der Waals surface area contributed by atoms with Crippen LogP contribution in [0.25, 0.3) is 0 Å². The van der Waals surface area contributed by atoms with Gasteiger partial charge in [-0.25, -0.2) is 15.0 Å². The second kappa shape index (κ2) is 5.84. The molecule has 1 aliphatic heterocycles. The lowest BCUT2D eigenvalue weighted by molar-refractivity contribution is -0.141. The third-order valence-electron chi connectivity index (χ3n) is 4.67. The van der Waals surface area contributed by atoms with E-state index in [9.17, 15) is 13.2 Å². The van der Waals surface area contributed by atoms with Gasteiger partial charge in [0.1, 0.15) is 17.3 Å². The average molecular weight is 339 g/mol. The lowest BCUT2D eigenvalue weighted by Gasteiger charge is -2.34. The fourth-order valence-electron chi connectivity index (χ4n) is 3.20. The van der Waals surface area contributed by atoms with Gasteiger partial charge in [-0.15, -0.1) is 0 Å². The molecule has 0 bridgehead atoms. The molecule has 0 amide bonds. The SMILES string of the molecule is Cc1cc(C(F)(F)F)nc(C2(C)CCCN2Cc2nccn2C)n1. The van der Waals surface area contributed by atoms with E-state index in [0.717, 1.165) is 31.3 Å². The Labute approximate surface area is 138 Å². The highest BCUT2D eigenvalue weighted by atomic mass is 19.4. The summed E-state index contributed by atoms with van der Waals surface area (Å²) < 4.78 is 41.2. The molecule has 1 atom stereocenters. The van der Waals surface area contributed by atoms with Crippen LogP contribution in [0.1, 0.15) is 42.8 Å². The van der Waals surface area contributed by atoms with E-state index in [1.807, 2.05) is 24.7 Å². The van der Waals surface area contributed by atoms with Crippen molar-refractivity contribution in [2.75, 3.05) is 6.54 Å². The Kier molecular flexibility index (Phi) is 4.11. The summed E-state index contributed by atoms with van der Waals surface area (Å²) in [5, 5.41) is 0. The number of hydrogen-bond acceptors (Lipinski definition) is 4. The van der Waals surface area contributed by atoms with Gasteiger partial charge in [0.2, 0.25) is 0 Å². The molecule has 130 valence electrons. The Hall–Kier alpha value is -1.96. The van der Waals surface area contributed by atoms with Gasteiger partial charge in [0.05, 0.1) is 12.1 Å². The molecule has 5 nitrogen and oxygen atoms in total. The fraction of sp³-hybridized carbons (Fsp3) is 0.562. The maximum absolute atomic E-state index is 13.1. The zero-order chi connectivity index (χ0) is 17.5. The Morgan fingerprint density at radius 2 is 2.04 bits per heavy atom. The molecule has 0 radical (unpaired) electrons. The summed E-state index contributed by atoms with van der Waals surface area (Å²) in [7, 11) is 1.90. The lowest BCUT2D eigenvalue weighted by atomic mass is 9.97. The van der Waals surface area contributed by atoms with Gasteiger partial charge in [-0.05, 0) is 39.3 Å². The van der Waals surface area contributed by atoms with Crippen molar-refractivity contribution in [1.29, 1.82) is 0 Å². The van der Waals surface area contributed by atoms with Crippen LogP contribution in [0.5, 0.6) is 0 Å². The van der Waals surface area contributed by atoms with Crippen LogP contribution >= 0.6 is 0 Å². The molecule has 0 spiro atoms. The van der Waals surface area contributed by atoms with Gasteiger partial charge in [0, 0.05) is 25.1 Å². The van der Waals surface area contributed by atoms with Gasteiger partial charge < -0.3 is 4.57 Å². The minimum Gasteiger partial charge on any atom is -0.337 e. The van der Waals surface area contributed by atoms with Crippen LogP contribution in [0, 0.1) is 6.92 Å². The van der Waals surface area contributed by atoms with Crippen molar-refractivity contribution >= 4 is 0 Å². The number of nitrogens with zero attached hydrogens (tertiary/aromatic N) is 5. The fourth-order valence-corrected chi connectivity index (χ4v) is 3.20. The zero-order valence-electron chi connectivity index (χ0n) is 13.9. The van der Waals surface area contributed by atoms with E-state index in [2.05, 4.69) is 19.9 Å². The number of halogens is 3. The summed E-state index contributed by atoms with van der Waals surface area (Å²) in [5.74, 6) is 1.10. The molecular weight excluding hydrogens is 319 g/mol. The molecule has 0 aromatic carbocycles. The van der Waals surface area contributed by atoms with Crippen LogP contribution in [0.3, 0.4) is 0 Å². The third kappa shape index (κ3) is 3.02. The molecule has 2 aromatic heterocycles. The van der Waals surface area contributed by atoms with Crippen molar-refractivity contribution in [1.82, 2.24) is 24.4 Å². The van der Waals surface area contributed by atoms with Crippen LogP contribution in [-0.4, -0.2) is 31.0 Å². The van der Waals surface area contributed by atoms with Crippen molar-refractivity contribution in [3.05, 3.63) is 41.5 Å². The van der Waals surface area contributed by atoms with E-state index in [1.165, 1.54) is 0 Å². The lowest BCUT2D eigenvalue weighted by Crippen LogP contribution is -2.40. The summed E-state index contributed by atoms with van der Waals surface area (Å²) in [4.78, 5) is 14.6. The number of imidazole rings is 1. The highest BCUT2D eigenvalue weighted by Crippen LogP contribution is 2.39. The minimum atomic E-state index is -4.47. The molecule has 8 heteroatoms. The Balaban J connectivity index is 1.97. The van der Waals surface area contributed by atoms with E-state index in [-0.39, 0.29) is 5.82 Å². The first-order chi connectivity index (χ1) is 11.2. The summed E-state index contributed by atoms with van der Waals surface area (Å²) in [6.07, 6.45) is 0.709. The van der Waals surface area contributed by atoms with Gasteiger partial charge in [-0.3, -0.25) is 4.90 Å². The summed E-state index contributed by atoms with van der Waals surface area (Å²) >= 11 is 0. The molecule has 1 fully saturated rings. The topological polar surface area (TPSA) is 46.8 Å². The molecule has 1 unspecified atom stereocenters. The van der Waals surface area contributed by atoms with E-state index in [0.29, 0.717) is 12.2 Å². The number of likely N-dealkylation sites (tertiary alicyclic amines) is 1. The molecule has 2 aromatic rings. The summed E-state index contributed by atoms with van der Waals surface area (Å²) in [5.41, 5.74) is -1.18. The van der Waals surface area contributed by atoms with E-state index in [1.54, 1.807) is 13.1 Å². The first-order valence-corrected chi connectivity index (χ1v) is 7.85. The second-order valence-corrected chi connectivity index (χ2v) is 6.47. The highest BCUT2D eigenvalue weighted by molar-refractivity contribution is 5.18. The smallest absolute Gasteiger partial charge is 0.337 e.